The van der Waals surface area contributed by atoms with E-state index < -0.39 is 5.91 Å². The Morgan fingerprint density at radius 3 is 2.54 bits per heavy atom. The van der Waals surface area contributed by atoms with E-state index in [1.54, 1.807) is 36.4 Å². The lowest BCUT2D eigenvalue weighted by Gasteiger charge is -2.09. The van der Waals surface area contributed by atoms with E-state index in [1.807, 2.05) is 12.1 Å². The molecule has 0 saturated carbocycles. The smallest absolute Gasteiger partial charge is 0.248 e. The van der Waals surface area contributed by atoms with Gasteiger partial charge in [-0.3, -0.25) is 9.59 Å². The highest BCUT2D eigenvalue weighted by Crippen LogP contribution is 2.15. The molecular weight excluding hydrogens is 306 g/mol. The highest BCUT2D eigenvalue weighted by atomic mass is 16.5. The number of hydrogen-bond donors (Lipinski definition) is 3. The number of carbonyl (C=O) groups excluding carboxylic acids is 2. The van der Waals surface area contributed by atoms with E-state index in [-0.39, 0.29) is 12.5 Å². The summed E-state index contributed by atoms with van der Waals surface area (Å²) in [4.78, 5) is 23.1. The molecule has 0 heterocycles. The third-order valence-electron chi connectivity index (χ3n) is 3.11. The summed E-state index contributed by atoms with van der Waals surface area (Å²) in [6.07, 6.45) is 1.67. The van der Waals surface area contributed by atoms with Crippen LogP contribution in [-0.2, 0) is 4.79 Å². The van der Waals surface area contributed by atoms with Crippen molar-refractivity contribution in [2.75, 3.05) is 23.8 Å². The van der Waals surface area contributed by atoms with Crippen molar-refractivity contribution < 1.29 is 14.3 Å². The molecule has 2 aromatic carbocycles. The molecular formula is C18H19N3O3. The van der Waals surface area contributed by atoms with Crippen LogP contribution in [0.15, 0.2) is 61.2 Å². The SMILES string of the molecule is C=CCOc1ccc(NCC(=O)Nc2cccc(C(N)=O)c2)cc1. The lowest BCUT2D eigenvalue weighted by molar-refractivity contribution is -0.114. The van der Waals surface area contributed by atoms with Crippen LogP contribution in [0.5, 0.6) is 5.75 Å². The standard InChI is InChI=1S/C18H19N3O3/c1-2-10-24-16-8-6-14(7-9-16)20-12-17(22)21-15-5-3-4-13(11-15)18(19)23/h2-9,11,20H,1,10,12H2,(H2,19,23)(H,21,22). The molecule has 0 aliphatic heterocycles. The molecule has 4 N–H and O–H groups in total. The average molecular weight is 325 g/mol. The topological polar surface area (TPSA) is 93.4 Å². The van der Waals surface area contributed by atoms with Crippen molar-refractivity contribution in [1.29, 1.82) is 0 Å². The predicted octanol–water partition coefficient (Wildman–Crippen LogP) is 2.40. The summed E-state index contributed by atoms with van der Waals surface area (Å²) in [7, 11) is 0. The van der Waals surface area contributed by atoms with E-state index >= 15 is 0 Å². The Labute approximate surface area is 140 Å². The predicted molar refractivity (Wildman–Crippen MR) is 94.2 cm³/mol. The second-order valence-corrected chi connectivity index (χ2v) is 4.97. The van der Waals surface area contributed by atoms with Crippen molar-refractivity contribution in [3.05, 3.63) is 66.7 Å². The maximum Gasteiger partial charge on any atom is 0.248 e. The molecule has 0 radical (unpaired) electrons. The van der Waals surface area contributed by atoms with Crippen LogP contribution in [-0.4, -0.2) is 25.0 Å². The van der Waals surface area contributed by atoms with Crippen molar-refractivity contribution in [3.8, 4) is 5.75 Å². The number of hydrogen-bond acceptors (Lipinski definition) is 4. The van der Waals surface area contributed by atoms with Crippen LogP contribution in [0.25, 0.3) is 0 Å². The first-order valence-corrected chi connectivity index (χ1v) is 7.36. The first-order valence-electron chi connectivity index (χ1n) is 7.36. The number of benzene rings is 2. The fourth-order valence-corrected chi connectivity index (χ4v) is 1.96. The van der Waals surface area contributed by atoms with E-state index in [4.69, 9.17) is 10.5 Å². The molecule has 0 unspecified atom stereocenters. The van der Waals surface area contributed by atoms with Gasteiger partial charge in [-0.2, -0.15) is 0 Å². The van der Waals surface area contributed by atoms with Gasteiger partial charge < -0.3 is 21.1 Å². The number of amides is 2. The van der Waals surface area contributed by atoms with Gasteiger partial charge in [0.15, 0.2) is 0 Å². The van der Waals surface area contributed by atoms with Crippen molar-refractivity contribution in [1.82, 2.24) is 0 Å². The second kappa shape index (κ2) is 8.38. The number of carbonyl (C=O) groups is 2. The van der Waals surface area contributed by atoms with Crippen LogP contribution in [0.4, 0.5) is 11.4 Å². The lowest BCUT2D eigenvalue weighted by atomic mass is 10.2. The van der Waals surface area contributed by atoms with Gasteiger partial charge in [0.05, 0.1) is 6.54 Å². The molecule has 0 aliphatic carbocycles. The number of ether oxygens (including phenoxy) is 1. The van der Waals surface area contributed by atoms with Gasteiger partial charge in [-0.05, 0) is 42.5 Å². The molecule has 6 nitrogen and oxygen atoms in total. The molecule has 0 aromatic heterocycles. The summed E-state index contributed by atoms with van der Waals surface area (Å²) in [5.41, 5.74) is 6.87. The monoisotopic (exact) mass is 325 g/mol. The zero-order valence-electron chi connectivity index (χ0n) is 13.1. The number of nitrogens with one attached hydrogen (secondary N) is 2. The molecule has 6 heteroatoms. The van der Waals surface area contributed by atoms with Gasteiger partial charge in [-0.15, -0.1) is 0 Å². The summed E-state index contributed by atoms with van der Waals surface area (Å²) in [5, 5.41) is 5.71. The summed E-state index contributed by atoms with van der Waals surface area (Å²) < 4.78 is 5.38. The van der Waals surface area contributed by atoms with Gasteiger partial charge in [-0.25, -0.2) is 0 Å². The Kier molecular flexibility index (Phi) is 5.96. The Balaban J connectivity index is 1.85. The third-order valence-corrected chi connectivity index (χ3v) is 3.11. The number of primary amides is 1. The summed E-state index contributed by atoms with van der Waals surface area (Å²) in [5.74, 6) is -0.0419. The molecule has 124 valence electrons. The first-order chi connectivity index (χ1) is 11.6. The quantitative estimate of drug-likeness (QED) is 0.650. The highest BCUT2D eigenvalue weighted by molar-refractivity contribution is 5.97. The molecule has 0 spiro atoms. The van der Waals surface area contributed by atoms with Crippen molar-refractivity contribution >= 4 is 23.2 Å². The van der Waals surface area contributed by atoms with Crippen LogP contribution in [0.1, 0.15) is 10.4 Å². The second-order valence-electron chi connectivity index (χ2n) is 4.97. The zero-order valence-corrected chi connectivity index (χ0v) is 13.1. The molecule has 24 heavy (non-hydrogen) atoms. The molecule has 2 amide bonds. The number of anilines is 2. The number of nitrogens with two attached hydrogens (primary N) is 1. The van der Waals surface area contributed by atoms with Crippen molar-refractivity contribution in [3.63, 3.8) is 0 Å². The highest BCUT2D eigenvalue weighted by Gasteiger charge is 2.05. The van der Waals surface area contributed by atoms with Crippen molar-refractivity contribution in [2.45, 2.75) is 0 Å². The fraction of sp³-hybridized carbons (Fsp3) is 0.111. The normalized spacial score (nSPS) is 9.83. The van der Waals surface area contributed by atoms with Gasteiger partial charge in [0.25, 0.3) is 0 Å². The van der Waals surface area contributed by atoms with Gasteiger partial charge in [0.2, 0.25) is 11.8 Å². The van der Waals surface area contributed by atoms with E-state index in [9.17, 15) is 9.59 Å². The Morgan fingerprint density at radius 2 is 1.88 bits per heavy atom. The first kappa shape index (κ1) is 17.1. The molecule has 2 aromatic rings. The molecule has 0 atom stereocenters. The largest absolute Gasteiger partial charge is 0.490 e. The Morgan fingerprint density at radius 1 is 1.12 bits per heavy atom. The van der Waals surface area contributed by atoms with E-state index in [1.165, 1.54) is 6.07 Å². The van der Waals surface area contributed by atoms with E-state index in [0.717, 1.165) is 11.4 Å². The van der Waals surface area contributed by atoms with Gasteiger partial charge in [-0.1, -0.05) is 18.7 Å². The van der Waals surface area contributed by atoms with E-state index in [2.05, 4.69) is 17.2 Å². The van der Waals surface area contributed by atoms with Crippen LogP contribution in [0, 0.1) is 0 Å². The summed E-state index contributed by atoms with van der Waals surface area (Å²) >= 11 is 0. The maximum atomic E-state index is 11.9. The van der Waals surface area contributed by atoms with Gasteiger partial charge in [0.1, 0.15) is 12.4 Å². The van der Waals surface area contributed by atoms with E-state index in [0.29, 0.717) is 17.9 Å². The fourth-order valence-electron chi connectivity index (χ4n) is 1.96. The van der Waals surface area contributed by atoms with Crippen LogP contribution in [0.2, 0.25) is 0 Å². The minimum Gasteiger partial charge on any atom is -0.490 e. The minimum absolute atomic E-state index is 0.0909. The number of rotatable bonds is 8. The van der Waals surface area contributed by atoms with Crippen LogP contribution in [0.3, 0.4) is 0 Å². The average Bonchev–Trinajstić information content (AvgIpc) is 2.59. The van der Waals surface area contributed by atoms with Gasteiger partial charge >= 0.3 is 0 Å². The molecule has 0 fully saturated rings. The van der Waals surface area contributed by atoms with Crippen LogP contribution < -0.4 is 21.1 Å². The van der Waals surface area contributed by atoms with Gasteiger partial charge in [0, 0.05) is 16.9 Å². The molecule has 2 rings (SSSR count). The summed E-state index contributed by atoms with van der Waals surface area (Å²) in [6, 6.07) is 13.7. The van der Waals surface area contributed by atoms with Crippen LogP contribution >= 0.6 is 0 Å². The molecule has 0 bridgehead atoms. The Hall–Kier alpha value is -3.28. The molecule has 0 aliphatic rings. The maximum absolute atomic E-state index is 11.9. The zero-order chi connectivity index (χ0) is 17.4. The van der Waals surface area contributed by atoms with Crippen molar-refractivity contribution in [2.24, 2.45) is 5.73 Å². The minimum atomic E-state index is -0.539. The lowest BCUT2D eigenvalue weighted by Crippen LogP contribution is -2.22. The third kappa shape index (κ3) is 5.17. The summed E-state index contributed by atoms with van der Waals surface area (Å²) in [6.45, 7) is 4.12. The molecule has 0 saturated heterocycles. The Bertz CT molecular complexity index is 727.